The molecule has 2 rings (SSSR count). The minimum atomic E-state index is -4.55. The molecule has 114 valence electrons. The number of hydrogen-bond acceptors (Lipinski definition) is 2. The van der Waals surface area contributed by atoms with E-state index in [4.69, 9.17) is 0 Å². The molecule has 1 heterocycles. The summed E-state index contributed by atoms with van der Waals surface area (Å²) >= 11 is 0. The highest BCUT2D eigenvalue weighted by atomic mass is 19.4. The molecule has 0 aliphatic rings. The summed E-state index contributed by atoms with van der Waals surface area (Å²) in [5, 5.41) is 3.11. The minimum absolute atomic E-state index is 0.0367. The second-order valence-corrected chi connectivity index (χ2v) is 5.17. The average Bonchev–Trinajstić information content (AvgIpc) is 2.36. The molecule has 0 saturated heterocycles. The molecular weight excluding hydrogens is 281 g/mol. The first-order chi connectivity index (χ1) is 9.74. The van der Waals surface area contributed by atoms with Crippen molar-refractivity contribution in [3.05, 3.63) is 40.2 Å². The monoisotopic (exact) mass is 298 g/mol. The maximum absolute atomic E-state index is 13.2. The molecule has 0 aliphatic heterocycles. The van der Waals surface area contributed by atoms with Crippen LogP contribution in [-0.2, 0) is 12.7 Å². The zero-order valence-corrected chi connectivity index (χ0v) is 12.1. The average molecular weight is 298 g/mol. The van der Waals surface area contributed by atoms with Crippen LogP contribution in [0.3, 0.4) is 0 Å². The van der Waals surface area contributed by atoms with Gasteiger partial charge in [0.05, 0.1) is 11.1 Å². The summed E-state index contributed by atoms with van der Waals surface area (Å²) in [6, 6.07) is 5.47. The first kappa shape index (κ1) is 15.4. The summed E-state index contributed by atoms with van der Waals surface area (Å²) in [6.07, 6.45) is -4.55. The number of fused-ring (bicyclic) bond motifs is 1. The van der Waals surface area contributed by atoms with Gasteiger partial charge in [-0.3, -0.25) is 4.79 Å². The van der Waals surface area contributed by atoms with E-state index in [1.165, 1.54) is 10.6 Å². The largest absolute Gasteiger partial charge is 0.417 e. The fraction of sp³-hybridized carbons (Fsp3) is 0.400. The van der Waals surface area contributed by atoms with Gasteiger partial charge < -0.3 is 9.88 Å². The van der Waals surface area contributed by atoms with Gasteiger partial charge >= 0.3 is 6.18 Å². The van der Waals surface area contributed by atoms with Gasteiger partial charge in [-0.15, -0.1) is 0 Å². The molecule has 21 heavy (non-hydrogen) atoms. The number of nitrogens with one attached hydrogen (secondary N) is 1. The molecule has 3 nitrogen and oxygen atoms in total. The van der Waals surface area contributed by atoms with Crippen molar-refractivity contribution in [2.24, 2.45) is 0 Å². The maximum Gasteiger partial charge on any atom is 0.417 e. The van der Waals surface area contributed by atoms with Crippen LogP contribution in [0.5, 0.6) is 0 Å². The molecule has 6 heteroatoms. The Morgan fingerprint density at radius 3 is 2.43 bits per heavy atom. The van der Waals surface area contributed by atoms with Crippen molar-refractivity contribution in [3.8, 4) is 0 Å². The van der Waals surface area contributed by atoms with Crippen molar-refractivity contribution >= 4 is 16.6 Å². The molecule has 0 radical (unpaired) electrons. The van der Waals surface area contributed by atoms with Crippen LogP contribution in [0, 0.1) is 0 Å². The highest BCUT2D eigenvalue weighted by Crippen LogP contribution is 2.34. The number of halogens is 3. The minimum Gasteiger partial charge on any atom is -0.383 e. The van der Waals surface area contributed by atoms with E-state index in [2.05, 4.69) is 5.32 Å². The molecular formula is C15H17F3N2O. The number of nitrogens with zero attached hydrogens (tertiary/aromatic N) is 1. The number of rotatable bonds is 3. The Hall–Kier alpha value is -1.98. The zero-order valence-electron chi connectivity index (χ0n) is 12.1. The molecule has 2 aromatic rings. The fourth-order valence-corrected chi connectivity index (χ4v) is 2.37. The molecule has 0 fully saturated rings. The summed E-state index contributed by atoms with van der Waals surface area (Å²) in [7, 11) is 0. The van der Waals surface area contributed by atoms with Crippen LogP contribution in [-0.4, -0.2) is 10.6 Å². The Bertz CT molecular complexity index is 717. The highest BCUT2D eigenvalue weighted by molar-refractivity contribution is 5.86. The predicted octanol–water partition coefficient (Wildman–Crippen LogP) is 3.86. The Labute approximate surface area is 120 Å². The third-order valence-corrected chi connectivity index (χ3v) is 3.19. The Morgan fingerprint density at radius 1 is 1.24 bits per heavy atom. The van der Waals surface area contributed by atoms with Crippen molar-refractivity contribution in [1.29, 1.82) is 0 Å². The second-order valence-electron chi connectivity index (χ2n) is 5.17. The van der Waals surface area contributed by atoms with Crippen LogP contribution < -0.4 is 10.9 Å². The van der Waals surface area contributed by atoms with Crippen LogP contribution >= 0.6 is 0 Å². The molecule has 0 bridgehead atoms. The van der Waals surface area contributed by atoms with Gasteiger partial charge in [0.15, 0.2) is 0 Å². The topological polar surface area (TPSA) is 34.0 Å². The Morgan fingerprint density at radius 2 is 1.90 bits per heavy atom. The molecule has 0 spiro atoms. The smallest absolute Gasteiger partial charge is 0.383 e. The van der Waals surface area contributed by atoms with E-state index < -0.39 is 17.3 Å². The van der Waals surface area contributed by atoms with E-state index in [0.717, 1.165) is 0 Å². The number of alkyl halides is 3. The molecule has 1 aromatic carbocycles. The summed E-state index contributed by atoms with van der Waals surface area (Å²) in [5.74, 6) is 0. The van der Waals surface area contributed by atoms with Crippen LogP contribution in [0.2, 0.25) is 0 Å². The van der Waals surface area contributed by atoms with Gasteiger partial charge in [-0.25, -0.2) is 0 Å². The first-order valence-corrected chi connectivity index (χ1v) is 6.75. The van der Waals surface area contributed by atoms with Gasteiger partial charge in [0.2, 0.25) is 0 Å². The Balaban J connectivity index is 2.80. The van der Waals surface area contributed by atoms with Gasteiger partial charge in [-0.2, -0.15) is 13.2 Å². The molecule has 0 unspecified atom stereocenters. The second kappa shape index (κ2) is 5.42. The van der Waals surface area contributed by atoms with E-state index in [-0.39, 0.29) is 11.4 Å². The van der Waals surface area contributed by atoms with Gasteiger partial charge in [0.25, 0.3) is 5.56 Å². The van der Waals surface area contributed by atoms with E-state index in [1.54, 1.807) is 19.1 Å². The van der Waals surface area contributed by atoms with Crippen molar-refractivity contribution < 1.29 is 13.2 Å². The fourth-order valence-electron chi connectivity index (χ4n) is 2.37. The van der Waals surface area contributed by atoms with Gasteiger partial charge in [0, 0.05) is 29.7 Å². The van der Waals surface area contributed by atoms with Crippen molar-refractivity contribution in [2.45, 2.75) is 39.5 Å². The lowest BCUT2D eigenvalue weighted by Gasteiger charge is -2.16. The third kappa shape index (κ3) is 3.04. The molecule has 0 aliphatic carbocycles. The normalized spacial score (nSPS) is 12.1. The maximum atomic E-state index is 13.2. The lowest BCUT2D eigenvalue weighted by molar-refractivity contribution is -0.136. The lowest BCUT2D eigenvalue weighted by Crippen LogP contribution is -2.22. The molecule has 0 amide bonds. The van der Waals surface area contributed by atoms with Gasteiger partial charge in [0.1, 0.15) is 0 Å². The van der Waals surface area contributed by atoms with Crippen LogP contribution in [0.25, 0.3) is 10.9 Å². The van der Waals surface area contributed by atoms with E-state index in [9.17, 15) is 18.0 Å². The number of hydrogen-bond donors (Lipinski definition) is 1. The predicted molar refractivity (Wildman–Crippen MR) is 77.6 cm³/mol. The SMILES string of the molecule is CCn1c(=O)cc(C(F)(F)F)c2cc(NC(C)C)ccc21. The zero-order chi connectivity index (χ0) is 15.8. The van der Waals surface area contributed by atoms with E-state index in [1.807, 2.05) is 13.8 Å². The quantitative estimate of drug-likeness (QED) is 0.933. The number of benzene rings is 1. The number of aryl methyl sites for hydroxylation is 1. The summed E-state index contributed by atoms with van der Waals surface area (Å²) < 4.78 is 40.8. The Kier molecular flexibility index (Phi) is 3.98. The lowest BCUT2D eigenvalue weighted by atomic mass is 10.1. The van der Waals surface area contributed by atoms with Gasteiger partial charge in [-0.1, -0.05) is 0 Å². The summed E-state index contributed by atoms with van der Waals surface area (Å²) in [5.41, 5.74) is -0.627. The molecule has 0 saturated carbocycles. The molecule has 1 N–H and O–H groups in total. The van der Waals surface area contributed by atoms with Crippen molar-refractivity contribution in [2.75, 3.05) is 5.32 Å². The van der Waals surface area contributed by atoms with Crippen molar-refractivity contribution in [3.63, 3.8) is 0 Å². The van der Waals surface area contributed by atoms with E-state index in [0.29, 0.717) is 23.8 Å². The number of pyridine rings is 1. The third-order valence-electron chi connectivity index (χ3n) is 3.19. The first-order valence-electron chi connectivity index (χ1n) is 6.75. The summed E-state index contributed by atoms with van der Waals surface area (Å²) in [4.78, 5) is 11.8. The highest BCUT2D eigenvalue weighted by Gasteiger charge is 2.33. The van der Waals surface area contributed by atoms with Crippen LogP contribution in [0.15, 0.2) is 29.1 Å². The number of aromatic nitrogens is 1. The van der Waals surface area contributed by atoms with Gasteiger partial charge in [-0.05, 0) is 39.0 Å². The molecule has 0 atom stereocenters. The summed E-state index contributed by atoms with van der Waals surface area (Å²) in [6.45, 7) is 5.86. The van der Waals surface area contributed by atoms with Crippen LogP contribution in [0.4, 0.5) is 18.9 Å². The molecule has 1 aromatic heterocycles. The standard InChI is InChI=1S/C15H17F3N2O/c1-4-20-13-6-5-10(19-9(2)3)7-11(13)12(8-14(20)21)15(16,17)18/h5-9,19H,4H2,1-3H3. The van der Waals surface area contributed by atoms with Crippen LogP contribution in [0.1, 0.15) is 26.3 Å². The van der Waals surface area contributed by atoms with E-state index >= 15 is 0 Å². The van der Waals surface area contributed by atoms with Crippen molar-refractivity contribution in [1.82, 2.24) is 4.57 Å². The number of anilines is 1.